The maximum Gasteiger partial charge on any atom is 0.253 e. The van der Waals surface area contributed by atoms with Crippen LogP contribution in [0.4, 0.5) is 0 Å². The molecular weight excluding hydrogens is 540 g/mol. The number of rotatable bonds is 6. The lowest BCUT2D eigenvalue weighted by Crippen LogP contribution is -2.70. The molecule has 0 aromatic rings. The van der Waals surface area contributed by atoms with Gasteiger partial charge in [-0.15, -0.1) is 11.8 Å². The predicted octanol–water partition coefficient (Wildman–Crippen LogP) is 3.24. The molecule has 41 heavy (non-hydrogen) atoms. The Morgan fingerprint density at radius 1 is 1.07 bits per heavy atom. The van der Waals surface area contributed by atoms with Crippen molar-refractivity contribution in [3.05, 3.63) is 11.3 Å². The van der Waals surface area contributed by atoms with Gasteiger partial charge < -0.3 is 20.6 Å². The molecule has 2 aliphatic heterocycles. The maximum atomic E-state index is 13.0. The van der Waals surface area contributed by atoms with Crippen LogP contribution in [0, 0.1) is 46.3 Å². The molecule has 0 bridgehead atoms. The number of aldehydes is 1. The Kier molecular flexibility index (Phi) is 7.69. The normalized spacial score (nSPS) is 47.9. The van der Waals surface area contributed by atoms with Crippen LogP contribution in [0.3, 0.4) is 0 Å². The van der Waals surface area contributed by atoms with E-state index in [-0.39, 0.29) is 46.0 Å². The van der Waals surface area contributed by atoms with Crippen LogP contribution >= 0.6 is 11.8 Å². The fourth-order valence-corrected chi connectivity index (χ4v) is 12.0. The monoisotopic (exact) mass is 588 g/mol. The first-order valence-electron chi connectivity index (χ1n) is 15.9. The number of hydrogen-bond acceptors (Lipinski definition) is 7. The number of aliphatic hydroxyl groups excluding tert-OH is 3. The van der Waals surface area contributed by atoms with E-state index in [1.54, 1.807) is 11.8 Å². The van der Waals surface area contributed by atoms with Gasteiger partial charge in [0, 0.05) is 12.2 Å². The lowest BCUT2D eigenvalue weighted by atomic mass is 9.43. The molecule has 13 unspecified atom stereocenters. The molecule has 4 saturated carbocycles. The molecule has 6 rings (SSSR count). The summed E-state index contributed by atoms with van der Waals surface area (Å²) in [6, 6.07) is -0.570. The molecule has 228 valence electrons. The third-order valence-corrected chi connectivity index (χ3v) is 14.4. The van der Waals surface area contributed by atoms with E-state index in [1.807, 2.05) is 6.92 Å². The fraction of sp³-hybridized carbons (Fsp3) is 0.844. The van der Waals surface area contributed by atoms with E-state index < -0.39 is 18.2 Å². The molecule has 4 aliphatic carbocycles. The van der Waals surface area contributed by atoms with Gasteiger partial charge in [-0.1, -0.05) is 20.8 Å². The first kappa shape index (κ1) is 29.6. The molecule has 0 spiro atoms. The zero-order chi connectivity index (χ0) is 29.4. The second-order valence-electron chi connectivity index (χ2n) is 14.8. The lowest BCUT2D eigenvalue weighted by molar-refractivity contribution is -0.223. The molecule has 9 heteroatoms. The van der Waals surface area contributed by atoms with Gasteiger partial charge >= 0.3 is 0 Å². The number of carbonyl (C=O) groups is 3. The Balaban J connectivity index is 1.08. The number of amides is 2. The minimum atomic E-state index is -0.784. The van der Waals surface area contributed by atoms with Gasteiger partial charge in [0.2, 0.25) is 5.91 Å². The zero-order valence-corrected chi connectivity index (χ0v) is 25.7. The Hall–Kier alpha value is -1.42. The lowest BCUT2D eigenvalue weighted by Gasteiger charge is -2.63. The van der Waals surface area contributed by atoms with Crippen LogP contribution in [-0.2, 0) is 14.4 Å². The number of nitrogens with zero attached hydrogens (tertiary/aromatic N) is 1. The number of aliphatic hydroxyl groups is 3. The molecule has 13 atom stereocenters. The van der Waals surface area contributed by atoms with Crippen molar-refractivity contribution in [2.45, 2.75) is 115 Å². The Morgan fingerprint density at radius 2 is 1.78 bits per heavy atom. The SMILES string of the molecule is CC1=C(C=O)N2C(=O)C(NC(=O)CCC(C)C3CCC4C5C(O)C(O)C6CC(O)CCC6(C)C5CCC34C)C2SC1. The first-order chi connectivity index (χ1) is 19.4. The van der Waals surface area contributed by atoms with E-state index in [0.717, 1.165) is 56.8 Å². The number of carbonyl (C=O) groups excluding carboxylic acids is 3. The summed E-state index contributed by atoms with van der Waals surface area (Å²) in [7, 11) is 0. The molecule has 0 aromatic heterocycles. The molecule has 1 saturated heterocycles. The van der Waals surface area contributed by atoms with Crippen molar-refractivity contribution in [2.75, 3.05) is 5.75 Å². The summed E-state index contributed by atoms with van der Waals surface area (Å²) >= 11 is 1.59. The Labute approximate surface area is 248 Å². The molecule has 5 fully saturated rings. The number of hydrogen-bond donors (Lipinski definition) is 4. The van der Waals surface area contributed by atoms with Gasteiger partial charge in [0.1, 0.15) is 11.4 Å². The number of β-lactam (4-membered cyclic amide) rings is 1. The Bertz CT molecular complexity index is 1130. The third kappa shape index (κ3) is 4.46. The average molecular weight is 589 g/mol. The minimum absolute atomic E-state index is 0.0439. The van der Waals surface area contributed by atoms with Gasteiger partial charge in [-0.25, -0.2) is 0 Å². The Morgan fingerprint density at radius 3 is 2.51 bits per heavy atom. The molecular formula is C32H48N2O6S. The zero-order valence-electron chi connectivity index (χ0n) is 24.9. The van der Waals surface area contributed by atoms with Crippen molar-refractivity contribution in [3.63, 3.8) is 0 Å². The summed E-state index contributed by atoms with van der Waals surface area (Å²) in [6.07, 6.45) is 6.48. The number of thioether (sulfide) groups is 1. The highest BCUT2D eigenvalue weighted by Crippen LogP contribution is 2.68. The quantitative estimate of drug-likeness (QED) is 0.277. The second-order valence-corrected chi connectivity index (χ2v) is 15.9. The van der Waals surface area contributed by atoms with Crippen LogP contribution < -0.4 is 5.32 Å². The standard InChI is InChI=1S/C32H48N2O6S/c1-16(5-8-24(37)33-26-29(40)34-23(14-35)17(2)15-41-30(26)34)19-6-7-20-25-21(10-12-31(19,20)3)32(4)11-9-18(36)13-22(32)27(38)28(25)39/h14,16,18-22,25-28,30,36,38-39H,5-13,15H2,1-4H3,(H,33,37). The summed E-state index contributed by atoms with van der Waals surface area (Å²) in [6.45, 7) is 8.81. The molecule has 2 amide bonds. The number of fused-ring (bicyclic) bond motifs is 6. The van der Waals surface area contributed by atoms with Crippen molar-refractivity contribution in [1.82, 2.24) is 10.2 Å². The smallest absolute Gasteiger partial charge is 0.253 e. The van der Waals surface area contributed by atoms with E-state index >= 15 is 0 Å². The fourth-order valence-electron chi connectivity index (χ4n) is 10.7. The van der Waals surface area contributed by atoms with E-state index in [2.05, 4.69) is 26.1 Å². The summed E-state index contributed by atoms with van der Waals surface area (Å²) in [5.41, 5.74) is 1.36. The minimum Gasteiger partial charge on any atom is -0.393 e. The highest BCUT2D eigenvalue weighted by atomic mass is 32.2. The summed E-state index contributed by atoms with van der Waals surface area (Å²) < 4.78 is 0. The van der Waals surface area contributed by atoms with Crippen molar-refractivity contribution >= 4 is 29.9 Å². The largest absolute Gasteiger partial charge is 0.393 e. The first-order valence-corrected chi connectivity index (χ1v) is 16.9. The molecule has 0 radical (unpaired) electrons. The van der Waals surface area contributed by atoms with Crippen LogP contribution in [0.15, 0.2) is 11.3 Å². The van der Waals surface area contributed by atoms with Crippen molar-refractivity contribution in [1.29, 1.82) is 0 Å². The second kappa shape index (κ2) is 10.6. The van der Waals surface area contributed by atoms with Gasteiger partial charge in [0.15, 0.2) is 6.29 Å². The van der Waals surface area contributed by atoms with Gasteiger partial charge in [-0.05, 0) is 110 Å². The van der Waals surface area contributed by atoms with Gasteiger partial charge in [0.25, 0.3) is 5.91 Å². The highest BCUT2D eigenvalue weighted by Gasteiger charge is 2.65. The van der Waals surface area contributed by atoms with E-state index in [9.17, 15) is 29.7 Å². The molecule has 2 heterocycles. The average Bonchev–Trinajstić information content (AvgIpc) is 3.31. The third-order valence-electron chi connectivity index (χ3n) is 13.0. The van der Waals surface area contributed by atoms with Crippen molar-refractivity contribution in [3.8, 4) is 0 Å². The van der Waals surface area contributed by atoms with Crippen molar-refractivity contribution in [2.24, 2.45) is 46.3 Å². The highest BCUT2D eigenvalue weighted by molar-refractivity contribution is 8.00. The van der Waals surface area contributed by atoms with Crippen LogP contribution in [0.5, 0.6) is 0 Å². The van der Waals surface area contributed by atoms with Gasteiger partial charge in [0.05, 0.1) is 24.0 Å². The topological polar surface area (TPSA) is 127 Å². The molecule has 6 aliphatic rings. The predicted molar refractivity (Wildman–Crippen MR) is 156 cm³/mol. The summed E-state index contributed by atoms with van der Waals surface area (Å²) in [5.74, 6) is 1.89. The van der Waals surface area contributed by atoms with E-state index in [1.165, 1.54) is 4.90 Å². The van der Waals surface area contributed by atoms with E-state index in [4.69, 9.17) is 0 Å². The summed E-state index contributed by atoms with van der Waals surface area (Å²) in [5, 5.41) is 35.9. The van der Waals surface area contributed by atoms with Gasteiger partial charge in [-0.2, -0.15) is 0 Å². The molecule has 4 N–H and O–H groups in total. The maximum absolute atomic E-state index is 13.0. The van der Waals surface area contributed by atoms with Crippen LogP contribution in [0.1, 0.15) is 85.5 Å². The van der Waals surface area contributed by atoms with Crippen LogP contribution in [-0.4, -0.2) is 73.8 Å². The summed E-state index contributed by atoms with van der Waals surface area (Å²) in [4.78, 5) is 38.7. The number of allylic oxidation sites excluding steroid dienone is 1. The van der Waals surface area contributed by atoms with Gasteiger partial charge in [-0.3, -0.25) is 19.3 Å². The van der Waals surface area contributed by atoms with Crippen molar-refractivity contribution < 1.29 is 29.7 Å². The van der Waals surface area contributed by atoms with E-state index in [0.29, 0.717) is 48.0 Å². The van der Waals surface area contributed by atoms with Crippen LogP contribution in [0.25, 0.3) is 0 Å². The number of nitrogens with one attached hydrogen (secondary N) is 1. The molecule has 8 nitrogen and oxygen atoms in total. The van der Waals surface area contributed by atoms with Crippen LogP contribution in [0.2, 0.25) is 0 Å². The molecule has 0 aromatic carbocycles.